The molecule has 1 amide bonds. The van der Waals surface area contributed by atoms with Crippen LogP contribution in [-0.4, -0.2) is 68.5 Å². The summed E-state index contributed by atoms with van der Waals surface area (Å²) in [6.45, 7) is 4.64. The molecule has 0 radical (unpaired) electrons. The fourth-order valence-corrected chi connectivity index (χ4v) is 9.69. The first-order valence-corrected chi connectivity index (χ1v) is 32.0. The van der Waals surface area contributed by atoms with Gasteiger partial charge in [0.05, 0.1) is 39.9 Å². The number of rotatable bonds is 56. The Kier molecular flexibility index (Phi) is 52.1. The lowest BCUT2D eigenvalue weighted by atomic mass is 10.0. The third kappa shape index (κ3) is 56.0. The van der Waals surface area contributed by atoms with Crippen LogP contribution in [0.15, 0.2) is 48.6 Å². The zero-order valence-corrected chi connectivity index (χ0v) is 48.6. The summed E-state index contributed by atoms with van der Waals surface area (Å²) in [7, 11) is 1.25. The van der Waals surface area contributed by atoms with Gasteiger partial charge in [0.2, 0.25) is 5.91 Å². The predicted octanol–water partition coefficient (Wildman–Crippen LogP) is 18.1. The number of carbonyl (C=O) groups is 1. The van der Waals surface area contributed by atoms with E-state index in [9.17, 15) is 19.4 Å². The lowest BCUT2D eigenvalue weighted by Crippen LogP contribution is -2.45. The molecule has 9 heteroatoms. The molecule has 0 fully saturated rings. The summed E-state index contributed by atoms with van der Waals surface area (Å²) in [5.74, 6) is -0.203. The average Bonchev–Trinajstić information content (AvgIpc) is 3.33. The van der Waals surface area contributed by atoms with E-state index in [1.165, 1.54) is 225 Å². The van der Waals surface area contributed by atoms with Crippen molar-refractivity contribution in [3.05, 3.63) is 48.6 Å². The Morgan fingerprint density at radius 1 is 0.493 bits per heavy atom. The van der Waals surface area contributed by atoms with Crippen LogP contribution in [0.3, 0.4) is 0 Å². The first-order valence-electron chi connectivity index (χ1n) is 30.5. The number of aliphatic hydroxyl groups is 1. The lowest BCUT2D eigenvalue weighted by molar-refractivity contribution is -0.870. The fourth-order valence-electron chi connectivity index (χ4n) is 8.97. The van der Waals surface area contributed by atoms with E-state index in [1.807, 2.05) is 27.2 Å². The number of amides is 1. The molecule has 0 bridgehead atoms. The summed E-state index contributed by atoms with van der Waals surface area (Å²) in [6, 6.07) is -0.902. The van der Waals surface area contributed by atoms with E-state index in [4.69, 9.17) is 9.05 Å². The maximum atomic E-state index is 13.0. The van der Waals surface area contributed by atoms with E-state index in [1.54, 1.807) is 6.08 Å². The Labute approximate surface area is 441 Å². The van der Waals surface area contributed by atoms with E-state index in [-0.39, 0.29) is 12.5 Å². The van der Waals surface area contributed by atoms with Gasteiger partial charge in [0.1, 0.15) is 13.2 Å². The molecule has 0 saturated carbocycles. The molecule has 3 unspecified atom stereocenters. The number of quaternary nitrogens is 1. The number of likely N-dealkylation sites (N-methyl/N-ethyl adjacent to an activating group) is 1. The first-order chi connectivity index (χ1) is 34.5. The second-order valence-corrected chi connectivity index (χ2v) is 23.5. The number of nitrogens with one attached hydrogen (secondary N) is 1. The highest BCUT2D eigenvalue weighted by molar-refractivity contribution is 7.45. The van der Waals surface area contributed by atoms with Crippen molar-refractivity contribution in [2.45, 2.75) is 302 Å². The van der Waals surface area contributed by atoms with Gasteiger partial charge < -0.3 is 28.8 Å². The second-order valence-electron chi connectivity index (χ2n) is 22.0. The van der Waals surface area contributed by atoms with Crippen molar-refractivity contribution in [2.24, 2.45) is 0 Å². The number of phosphoric ester groups is 1. The molecule has 0 aromatic carbocycles. The van der Waals surface area contributed by atoms with Crippen molar-refractivity contribution in [1.29, 1.82) is 0 Å². The third-order valence-corrected chi connectivity index (χ3v) is 14.7. The Balaban J connectivity index is 4.05. The lowest BCUT2D eigenvalue weighted by Gasteiger charge is -2.29. The van der Waals surface area contributed by atoms with E-state index in [0.717, 1.165) is 44.9 Å². The van der Waals surface area contributed by atoms with Gasteiger partial charge in [-0.1, -0.05) is 268 Å². The van der Waals surface area contributed by atoms with Crippen molar-refractivity contribution in [3.8, 4) is 0 Å². The number of allylic oxidation sites excluding steroid dienone is 7. The van der Waals surface area contributed by atoms with Gasteiger partial charge in [-0.25, -0.2) is 0 Å². The molecule has 0 heterocycles. The van der Waals surface area contributed by atoms with E-state index in [0.29, 0.717) is 17.4 Å². The van der Waals surface area contributed by atoms with E-state index >= 15 is 0 Å². The van der Waals surface area contributed by atoms with Gasteiger partial charge in [-0.05, 0) is 64.2 Å². The fraction of sp³-hybridized carbons (Fsp3) is 0.855. The van der Waals surface area contributed by atoms with Crippen LogP contribution in [0.1, 0.15) is 290 Å². The molecule has 0 aliphatic carbocycles. The van der Waals surface area contributed by atoms with Crippen LogP contribution in [0, 0.1) is 0 Å². The number of aliphatic hydroxyl groups excluding tert-OH is 1. The molecule has 418 valence electrons. The van der Waals surface area contributed by atoms with Crippen LogP contribution in [0.2, 0.25) is 0 Å². The summed E-state index contributed by atoms with van der Waals surface area (Å²) in [6.07, 6.45) is 70.7. The highest BCUT2D eigenvalue weighted by Gasteiger charge is 2.23. The predicted molar refractivity (Wildman–Crippen MR) is 307 cm³/mol. The van der Waals surface area contributed by atoms with Crippen molar-refractivity contribution in [2.75, 3.05) is 40.9 Å². The second kappa shape index (κ2) is 53.3. The topological polar surface area (TPSA) is 108 Å². The monoisotopic (exact) mass is 1020 g/mol. The van der Waals surface area contributed by atoms with Crippen molar-refractivity contribution in [1.82, 2.24) is 5.32 Å². The minimum Gasteiger partial charge on any atom is -0.756 e. The van der Waals surface area contributed by atoms with Gasteiger partial charge in [-0.2, -0.15) is 0 Å². The number of phosphoric acid groups is 1. The molecule has 8 nitrogen and oxygen atoms in total. The van der Waals surface area contributed by atoms with Gasteiger partial charge in [0.15, 0.2) is 0 Å². The standard InChI is InChI=1S/C62H119N2O6P/c1-6-8-10-12-14-16-18-20-22-24-25-26-27-28-29-30-31-32-33-34-35-36-37-38-39-40-42-44-46-48-50-52-54-56-62(66)63-60(59-70-71(67,68)69-58-57-64(3,4)5)61(65)55-53-51-49-47-45-43-41-23-21-19-17-15-13-11-9-7-2/h18,20,24-25,45,47,53,55,60-61,65H,6-17,19,21-23,26-44,46,48-52,54,56-59H2,1-5H3,(H-,63,66,67,68)/b20-18-,25-24-,47-45+,55-53+. The normalized spacial score (nSPS) is 14.2. The van der Waals surface area contributed by atoms with Gasteiger partial charge in [0, 0.05) is 6.42 Å². The number of hydrogen-bond donors (Lipinski definition) is 2. The summed E-state index contributed by atoms with van der Waals surface area (Å²) in [4.78, 5) is 25.5. The Morgan fingerprint density at radius 3 is 1.23 bits per heavy atom. The minimum atomic E-state index is -4.60. The van der Waals surface area contributed by atoms with Crippen LogP contribution in [0.5, 0.6) is 0 Å². The Hall–Kier alpha value is -1.54. The summed E-state index contributed by atoms with van der Waals surface area (Å²) in [5, 5.41) is 13.9. The summed E-state index contributed by atoms with van der Waals surface area (Å²) < 4.78 is 23.3. The van der Waals surface area contributed by atoms with Crippen LogP contribution < -0.4 is 10.2 Å². The molecular formula is C62H119N2O6P. The zero-order chi connectivity index (χ0) is 52.0. The van der Waals surface area contributed by atoms with Crippen molar-refractivity contribution in [3.63, 3.8) is 0 Å². The molecular weight excluding hydrogens is 900 g/mol. The Bertz CT molecular complexity index is 1290. The zero-order valence-electron chi connectivity index (χ0n) is 47.7. The SMILES string of the molecule is CCCCCCC/C=C\C/C=C\CCCCCCCCCCCCCCCCCCCCCCCC(=O)NC(COP(=O)([O-])OCC[N+](C)(C)C)C(O)/C=C/CC/C=C/CCCCCCCCCCCC. The van der Waals surface area contributed by atoms with E-state index < -0.39 is 26.6 Å². The molecule has 0 aliphatic rings. The smallest absolute Gasteiger partial charge is 0.268 e. The molecule has 0 spiro atoms. The number of unbranched alkanes of at least 4 members (excludes halogenated alkanes) is 37. The van der Waals surface area contributed by atoms with Gasteiger partial charge in [-0.15, -0.1) is 0 Å². The first kappa shape index (κ1) is 69.5. The molecule has 71 heavy (non-hydrogen) atoms. The van der Waals surface area contributed by atoms with Crippen LogP contribution >= 0.6 is 7.82 Å². The van der Waals surface area contributed by atoms with Crippen molar-refractivity contribution < 1.29 is 32.9 Å². The van der Waals surface area contributed by atoms with Gasteiger partial charge in [-0.3, -0.25) is 9.36 Å². The van der Waals surface area contributed by atoms with Crippen LogP contribution in [0.4, 0.5) is 0 Å². The number of hydrogen-bond acceptors (Lipinski definition) is 6. The van der Waals surface area contributed by atoms with E-state index in [2.05, 4.69) is 55.6 Å². The van der Waals surface area contributed by atoms with Crippen LogP contribution in [0.25, 0.3) is 0 Å². The van der Waals surface area contributed by atoms with Crippen LogP contribution in [-0.2, 0) is 18.4 Å². The molecule has 0 aromatic heterocycles. The summed E-state index contributed by atoms with van der Waals surface area (Å²) in [5.41, 5.74) is 0. The number of nitrogens with zero attached hydrogens (tertiary/aromatic N) is 1. The molecule has 0 saturated heterocycles. The van der Waals surface area contributed by atoms with Gasteiger partial charge >= 0.3 is 0 Å². The third-order valence-electron chi connectivity index (χ3n) is 13.8. The maximum Gasteiger partial charge on any atom is 0.268 e. The molecule has 0 rings (SSSR count). The largest absolute Gasteiger partial charge is 0.756 e. The molecule has 0 aliphatic heterocycles. The average molecular weight is 1020 g/mol. The summed E-state index contributed by atoms with van der Waals surface area (Å²) >= 11 is 0. The molecule has 0 aromatic rings. The molecule has 3 atom stereocenters. The minimum absolute atomic E-state index is 0.00551. The highest BCUT2D eigenvalue weighted by Crippen LogP contribution is 2.38. The highest BCUT2D eigenvalue weighted by atomic mass is 31.2. The number of carbonyl (C=O) groups excluding carboxylic acids is 1. The molecule has 2 N–H and O–H groups in total. The quantitative estimate of drug-likeness (QED) is 0.0272. The maximum absolute atomic E-state index is 13.0. The van der Waals surface area contributed by atoms with Crippen molar-refractivity contribution >= 4 is 13.7 Å². The Morgan fingerprint density at radius 2 is 0.831 bits per heavy atom. The van der Waals surface area contributed by atoms with Gasteiger partial charge in [0.25, 0.3) is 7.82 Å².